The number of carbonyl (C=O) groups excluding carboxylic acids is 1. The molecule has 0 aliphatic heterocycles. The Morgan fingerprint density at radius 1 is 1.48 bits per heavy atom. The van der Waals surface area contributed by atoms with Crippen molar-refractivity contribution in [2.24, 2.45) is 5.73 Å². The van der Waals surface area contributed by atoms with Gasteiger partial charge in [0.2, 0.25) is 0 Å². The van der Waals surface area contributed by atoms with Gasteiger partial charge < -0.3 is 11.1 Å². The Balaban J connectivity index is 0.00000220. The van der Waals surface area contributed by atoms with Crippen LogP contribution in [0.25, 0.3) is 5.69 Å². The van der Waals surface area contributed by atoms with Gasteiger partial charge in [-0.05, 0) is 24.6 Å². The van der Waals surface area contributed by atoms with Crippen molar-refractivity contribution in [3.8, 4) is 5.69 Å². The van der Waals surface area contributed by atoms with E-state index < -0.39 is 0 Å². The summed E-state index contributed by atoms with van der Waals surface area (Å²) in [5, 5.41) is 11.3. The lowest BCUT2D eigenvalue weighted by Gasteiger charge is -2.06. The molecule has 114 valence electrons. The van der Waals surface area contributed by atoms with Crippen LogP contribution in [0, 0.1) is 0 Å². The summed E-state index contributed by atoms with van der Waals surface area (Å²) in [5.74, 6) is -0.263. The lowest BCUT2D eigenvalue weighted by Crippen LogP contribution is -2.30. The van der Waals surface area contributed by atoms with Crippen LogP contribution >= 0.6 is 24.0 Å². The molecular weight excluding hydrogens is 313 g/mol. The minimum atomic E-state index is -0.263. The number of benzene rings is 1. The van der Waals surface area contributed by atoms with Gasteiger partial charge in [0.1, 0.15) is 0 Å². The number of halogens is 2. The third kappa shape index (κ3) is 3.93. The zero-order chi connectivity index (χ0) is 14.5. The molecule has 6 nitrogen and oxygen atoms in total. The van der Waals surface area contributed by atoms with Crippen molar-refractivity contribution < 1.29 is 4.79 Å². The molecule has 2 aromatic rings. The summed E-state index contributed by atoms with van der Waals surface area (Å²) in [6.45, 7) is 2.74. The Morgan fingerprint density at radius 2 is 2.24 bits per heavy atom. The standard InChI is InChI=1S/C13H16ClN5O.ClH/c1-2-11-12(13(20)16-7-6-15)17-18-19(11)10-5-3-4-9(14)8-10;/h3-5,8H,2,6-7,15H2,1H3,(H,16,20);1H. The van der Waals surface area contributed by atoms with Gasteiger partial charge in [0.25, 0.3) is 5.91 Å². The van der Waals surface area contributed by atoms with E-state index in [1.807, 2.05) is 19.1 Å². The van der Waals surface area contributed by atoms with E-state index in [0.29, 0.717) is 30.2 Å². The summed E-state index contributed by atoms with van der Waals surface area (Å²) >= 11 is 5.97. The number of nitrogens with two attached hydrogens (primary N) is 1. The Hall–Kier alpha value is -1.63. The maximum Gasteiger partial charge on any atom is 0.273 e. The molecule has 0 fully saturated rings. The minimum Gasteiger partial charge on any atom is -0.349 e. The van der Waals surface area contributed by atoms with Crippen molar-refractivity contribution >= 4 is 29.9 Å². The van der Waals surface area contributed by atoms with Crippen LogP contribution < -0.4 is 11.1 Å². The molecule has 0 bridgehead atoms. The molecule has 0 spiro atoms. The van der Waals surface area contributed by atoms with Crippen LogP contribution in [0.5, 0.6) is 0 Å². The van der Waals surface area contributed by atoms with Crippen LogP contribution in [-0.4, -0.2) is 34.0 Å². The molecule has 0 aliphatic carbocycles. The maximum atomic E-state index is 12.0. The van der Waals surface area contributed by atoms with Crippen molar-refractivity contribution in [2.75, 3.05) is 13.1 Å². The number of nitrogens with one attached hydrogen (secondary N) is 1. The highest BCUT2D eigenvalue weighted by Crippen LogP contribution is 2.17. The van der Waals surface area contributed by atoms with Gasteiger partial charge in [0.15, 0.2) is 5.69 Å². The van der Waals surface area contributed by atoms with Gasteiger partial charge in [-0.3, -0.25) is 4.79 Å². The summed E-state index contributed by atoms with van der Waals surface area (Å²) in [7, 11) is 0. The summed E-state index contributed by atoms with van der Waals surface area (Å²) in [5.41, 5.74) is 7.20. The molecule has 0 saturated heterocycles. The first-order chi connectivity index (χ1) is 9.67. The molecule has 0 aliphatic rings. The summed E-state index contributed by atoms with van der Waals surface area (Å²) < 4.78 is 1.63. The number of rotatable bonds is 5. The minimum absolute atomic E-state index is 0. The van der Waals surface area contributed by atoms with Crippen molar-refractivity contribution in [1.82, 2.24) is 20.3 Å². The normalized spacial score (nSPS) is 10.0. The van der Waals surface area contributed by atoms with Gasteiger partial charge in [-0.15, -0.1) is 17.5 Å². The Bertz CT molecular complexity index is 614. The molecule has 0 atom stereocenters. The van der Waals surface area contributed by atoms with Crippen LogP contribution in [0.2, 0.25) is 5.02 Å². The fourth-order valence-corrected chi connectivity index (χ4v) is 2.06. The van der Waals surface area contributed by atoms with Gasteiger partial charge >= 0.3 is 0 Å². The van der Waals surface area contributed by atoms with E-state index in [0.717, 1.165) is 11.4 Å². The van der Waals surface area contributed by atoms with Gasteiger partial charge in [-0.2, -0.15) is 0 Å². The molecule has 1 aromatic heterocycles. The number of nitrogens with zero attached hydrogens (tertiary/aromatic N) is 3. The average molecular weight is 330 g/mol. The third-order valence-electron chi connectivity index (χ3n) is 2.80. The predicted octanol–water partition coefficient (Wildman–Crippen LogP) is 1.59. The second-order valence-corrected chi connectivity index (χ2v) is 4.61. The molecule has 2 rings (SSSR count). The van der Waals surface area contributed by atoms with Crippen LogP contribution in [0.1, 0.15) is 23.1 Å². The zero-order valence-corrected chi connectivity index (χ0v) is 13.1. The third-order valence-corrected chi connectivity index (χ3v) is 3.03. The highest BCUT2D eigenvalue weighted by atomic mass is 35.5. The van der Waals surface area contributed by atoms with Crippen LogP contribution in [-0.2, 0) is 6.42 Å². The van der Waals surface area contributed by atoms with Gasteiger partial charge in [0, 0.05) is 18.1 Å². The zero-order valence-electron chi connectivity index (χ0n) is 11.5. The van der Waals surface area contributed by atoms with Crippen molar-refractivity contribution in [3.63, 3.8) is 0 Å². The fraction of sp³-hybridized carbons (Fsp3) is 0.308. The van der Waals surface area contributed by atoms with Crippen molar-refractivity contribution in [3.05, 3.63) is 40.7 Å². The molecule has 0 unspecified atom stereocenters. The van der Waals surface area contributed by atoms with E-state index in [4.69, 9.17) is 17.3 Å². The van der Waals surface area contributed by atoms with Crippen molar-refractivity contribution in [2.45, 2.75) is 13.3 Å². The quantitative estimate of drug-likeness (QED) is 0.872. The number of aromatic nitrogens is 3. The van der Waals surface area contributed by atoms with Crippen LogP contribution in [0.3, 0.4) is 0 Å². The first kappa shape index (κ1) is 17.4. The van der Waals surface area contributed by atoms with E-state index in [1.54, 1.807) is 16.8 Å². The molecule has 3 N–H and O–H groups in total. The Kier molecular flexibility index (Phi) is 6.61. The Labute approximate surface area is 134 Å². The lowest BCUT2D eigenvalue weighted by atomic mass is 10.2. The number of hydrogen-bond acceptors (Lipinski definition) is 4. The fourth-order valence-electron chi connectivity index (χ4n) is 1.88. The van der Waals surface area contributed by atoms with E-state index in [1.165, 1.54) is 0 Å². The smallest absolute Gasteiger partial charge is 0.273 e. The number of hydrogen-bond donors (Lipinski definition) is 2. The molecule has 21 heavy (non-hydrogen) atoms. The second kappa shape index (κ2) is 7.97. The number of amides is 1. The first-order valence-corrected chi connectivity index (χ1v) is 6.74. The monoisotopic (exact) mass is 329 g/mol. The van der Waals surface area contributed by atoms with Crippen molar-refractivity contribution in [1.29, 1.82) is 0 Å². The lowest BCUT2D eigenvalue weighted by molar-refractivity contribution is 0.0948. The molecular formula is C13H17Cl2N5O. The predicted molar refractivity (Wildman–Crippen MR) is 84.4 cm³/mol. The summed E-state index contributed by atoms with van der Waals surface area (Å²) in [4.78, 5) is 12.0. The Morgan fingerprint density at radius 3 is 2.86 bits per heavy atom. The summed E-state index contributed by atoms with van der Waals surface area (Å²) in [6.07, 6.45) is 0.630. The summed E-state index contributed by atoms with van der Waals surface area (Å²) in [6, 6.07) is 7.24. The SMILES string of the molecule is CCc1c(C(=O)NCCN)nnn1-c1cccc(Cl)c1.Cl. The molecule has 1 amide bonds. The topological polar surface area (TPSA) is 85.8 Å². The molecule has 1 heterocycles. The highest BCUT2D eigenvalue weighted by molar-refractivity contribution is 6.30. The van der Waals surface area contributed by atoms with E-state index in [2.05, 4.69) is 15.6 Å². The average Bonchev–Trinajstić information content (AvgIpc) is 2.88. The highest BCUT2D eigenvalue weighted by Gasteiger charge is 2.18. The molecule has 0 saturated carbocycles. The molecule has 8 heteroatoms. The van der Waals surface area contributed by atoms with Gasteiger partial charge in [-0.1, -0.05) is 29.8 Å². The van der Waals surface area contributed by atoms with Gasteiger partial charge in [-0.25, -0.2) is 4.68 Å². The number of carbonyl (C=O) groups is 1. The van der Waals surface area contributed by atoms with Crippen LogP contribution in [0.15, 0.2) is 24.3 Å². The molecule has 1 aromatic carbocycles. The van der Waals surface area contributed by atoms with E-state index in [-0.39, 0.29) is 18.3 Å². The second-order valence-electron chi connectivity index (χ2n) is 4.17. The van der Waals surface area contributed by atoms with Gasteiger partial charge in [0.05, 0.1) is 11.4 Å². The first-order valence-electron chi connectivity index (χ1n) is 6.36. The maximum absolute atomic E-state index is 12.0. The molecule has 0 radical (unpaired) electrons. The van der Waals surface area contributed by atoms with Crippen LogP contribution in [0.4, 0.5) is 0 Å². The van der Waals surface area contributed by atoms with E-state index >= 15 is 0 Å². The largest absolute Gasteiger partial charge is 0.349 e. The van der Waals surface area contributed by atoms with E-state index in [9.17, 15) is 4.79 Å².